The first-order valence-electron chi connectivity index (χ1n) is 49.7. The Morgan fingerprint density at radius 1 is 0.479 bits per heavy atom. The maximum absolute atomic E-state index is 14.3. The predicted molar refractivity (Wildman–Crippen MR) is 552 cm³/mol. The van der Waals surface area contributed by atoms with Crippen LogP contribution in [0.4, 0.5) is 9.59 Å². The van der Waals surface area contributed by atoms with E-state index < -0.39 is 232 Å². The molecular weight excluding hydrogens is 1970 g/mol. The van der Waals surface area contributed by atoms with Crippen molar-refractivity contribution >= 4 is 134 Å². The fourth-order valence-corrected chi connectivity index (χ4v) is 16.6. The fourth-order valence-electron chi connectivity index (χ4n) is 15.4. The summed E-state index contributed by atoms with van der Waals surface area (Å²) in [5.74, 6) is -13.0. The van der Waals surface area contributed by atoms with Crippen LogP contribution in [0.3, 0.4) is 0 Å². The molecule has 0 spiro atoms. The number of amides is 12. The van der Waals surface area contributed by atoms with Crippen LogP contribution in [-0.4, -0.2) is 290 Å². The van der Waals surface area contributed by atoms with Crippen LogP contribution < -0.4 is 42.5 Å². The van der Waals surface area contributed by atoms with Crippen molar-refractivity contribution in [2.24, 2.45) is 35.5 Å². The summed E-state index contributed by atoms with van der Waals surface area (Å²) in [6.45, 7) is 35.9. The molecule has 2 unspecified atom stereocenters. The van der Waals surface area contributed by atoms with Crippen LogP contribution in [0.15, 0.2) is 95.1 Å². The highest BCUT2D eigenvalue weighted by atomic mass is 35.5. The number of hydrogen-bond acceptors (Lipinski definition) is 26. The molecule has 0 bridgehead atoms. The second kappa shape index (κ2) is 63.9. The number of cyclic esters (lactones) is 4. The van der Waals surface area contributed by atoms with Gasteiger partial charge in [0.2, 0.25) is 47.3 Å². The summed E-state index contributed by atoms with van der Waals surface area (Å²) in [6.07, 6.45) is 1.78. The van der Waals surface area contributed by atoms with Crippen molar-refractivity contribution in [2.45, 2.75) is 313 Å². The van der Waals surface area contributed by atoms with Crippen molar-refractivity contribution in [1.29, 1.82) is 0 Å². The number of phosphoric acid groups is 1. The SMILES string of the molecule is C/C=C(\C)[C@H]1OC(=O)[C@@H](C)NC(=O)[C@H](C(C)CC)NC(=O)CN(C)C(=O)[C@@H](Cc2ccc(Cl)cc2)N(C)C(=O)[C@H](C)NC(=O)[C@@H](CC(C)C)OC(=O)/C(C)=C/C[C@H](OC(=O)NCCCCCOP(=O)(O)O)[C@@H]1C.C/C=C(\C)[C@H]1OC(=O)[C@@H](C)NC(=O)[C@H](C(C)CC)NC(=O)CN(C)C(=O)[C@@H](Cc2ccc(Cl)cc2)N(C)C(=O)[C@H](C)NC(=O)[C@@H](CC(C)C)OC(=O)/C(C)=C/C[C@H](OC(=O)NCCCCCOP(C)(C)=O)[C@@H]1C. The van der Waals surface area contributed by atoms with Crippen LogP contribution in [0.2, 0.25) is 10.0 Å². The summed E-state index contributed by atoms with van der Waals surface area (Å²) in [7, 11) is -1.67. The van der Waals surface area contributed by atoms with Crippen molar-refractivity contribution in [1.82, 2.24) is 62.1 Å². The molecular formula is C102H160Cl2N12O28P2. The van der Waals surface area contributed by atoms with E-state index in [-0.39, 0.29) is 81.2 Å². The molecule has 4 rings (SSSR count). The molecule has 0 aliphatic carbocycles. The number of halogens is 2. The summed E-state index contributed by atoms with van der Waals surface area (Å²) in [5, 5.41) is 22.3. The number of likely N-dealkylation sites (N-methyl/N-ethyl adjacent to an activating group) is 4. The molecule has 0 saturated heterocycles. The first-order chi connectivity index (χ1) is 68.2. The van der Waals surface area contributed by atoms with Gasteiger partial charge in [-0.05, 0) is 191 Å². The average molecular weight is 2140 g/mol. The highest BCUT2D eigenvalue weighted by molar-refractivity contribution is 7.57. The highest BCUT2D eigenvalue weighted by Crippen LogP contribution is 2.38. The number of carbonyl (C=O) groups excluding carboxylic acids is 16. The number of hydrogen-bond donors (Lipinski definition) is 10. The normalized spacial score (nSPS) is 25.7. The van der Waals surface area contributed by atoms with Crippen molar-refractivity contribution in [3.63, 3.8) is 0 Å². The molecule has 18 atom stereocenters. The van der Waals surface area contributed by atoms with E-state index in [1.807, 2.05) is 41.5 Å². The predicted octanol–water partition coefficient (Wildman–Crippen LogP) is 11.3. The molecule has 146 heavy (non-hydrogen) atoms. The van der Waals surface area contributed by atoms with Crippen LogP contribution in [0, 0.1) is 35.5 Å². The molecule has 0 saturated carbocycles. The maximum Gasteiger partial charge on any atom is 0.469 e. The maximum atomic E-state index is 14.3. The zero-order valence-corrected chi connectivity index (χ0v) is 92.9. The van der Waals surface area contributed by atoms with Crippen LogP contribution >= 0.6 is 38.4 Å². The number of benzene rings is 2. The van der Waals surface area contributed by atoms with Gasteiger partial charge in [0.1, 0.15) is 72.8 Å². The smallest absolute Gasteiger partial charge is 0.456 e. The number of esters is 4. The van der Waals surface area contributed by atoms with Crippen molar-refractivity contribution < 1.29 is 133 Å². The molecule has 0 radical (unpaired) electrons. The van der Waals surface area contributed by atoms with Crippen molar-refractivity contribution in [2.75, 3.05) is 80.9 Å². The second-order valence-corrected chi connectivity index (χ2v) is 43.7. The van der Waals surface area contributed by atoms with Crippen LogP contribution in [-0.2, 0) is 127 Å². The Hall–Kier alpha value is -10.6. The number of nitrogens with one attached hydrogen (secondary N) is 8. The minimum absolute atomic E-state index is 0.000647. The Balaban J connectivity index is 0.000000750. The van der Waals surface area contributed by atoms with E-state index in [0.29, 0.717) is 90.3 Å². The molecule has 0 fully saturated rings. The van der Waals surface area contributed by atoms with E-state index >= 15 is 0 Å². The van der Waals surface area contributed by atoms with E-state index in [0.717, 1.165) is 9.80 Å². The van der Waals surface area contributed by atoms with Crippen LogP contribution in [0.25, 0.3) is 0 Å². The molecule has 44 heteroatoms. The third-order valence-electron chi connectivity index (χ3n) is 25.1. The summed E-state index contributed by atoms with van der Waals surface area (Å²) >= 11 is 12.3. The first kappa shape index (κ1) is 130. The lowest BCUT2D eigenvalue weighted by molar-refractivity contribution is -0.155. The number of carbonyl (C=O) groups is 16. The zero-order chi connectivity index (χ0) is 111. The van der Waals surface area contributed by atoms with Gasteiger partial charge in [0.15, 0.2) is 19.6 Å². The summed E-state index contributed by atoms with van der Waals surface area (Å²) in [4.78, 5) is 244. The van der Waals surface area contributed by atoms with Crippen molar-refractivity contribution in [3.05, 3.63) is 116 Å². The molecule has 10 N–H and O–H groups in total. The number of alkyl carbamates (subject to hydrolysis) is 2. The first-order valence-corrected chi connectivity index (χ1v) is 54.5. The lowest BCUT2D eigenvalue weighted by Crippen LogP contribution is -2.57. The highest BCUT2D eigenvalue weighted by Gasteiger charge is 2.43. The third-order valence-corrected chi connectivity index (χ3v) is 26.9. The van der Waals surface area contributed by atoms with Gasteiger partial charge in [-0.1, -0.05) is 154 Å². The molecule has 2 heterocycles. The summed E-state index contributed by atoms with van der Waals surface area (Å²) < 4.78 is 68.2. The lowest BCUT2D eigenvalue weighted by atomic mass is 9.90. The van der Waals surface area contributed by atoms with Gasteiger partial charge in [0.05, 0.1) is 26.3 Å². The van der Waals surface area contributed by atoms with E-state index in [4.69, 9.17) is 65.9 Å². The van der Waals surface area contributed by atoms with Crippen LogP contribution in [0.5, 0.6) is 0 Å². The summed E-state index contributed by atoms with van der Waals surface area (Å²) in [6, 6.07) is 3.67. The number of rotatable bonds is 30. The van der Waals surface area contributed by atoms with E-state index in [9.17, 15) is 85.8 Å². The number of allylic oxidation sites excluding steroid dienone is 2. The van der Waals surface area contributed by atoms with Gasteiger partial charge in [-0.15, -0.1) is 0 Å². The van der Waals surface area contributed by atoms with Gasteiger partial charge in [0.25, 0.3) is 11.8 Å². The Bertz CT molecular complexity index is 4630. The van der Waals surface area contributed by atoms with Gasteiger partial charge >= 0.3 is 43.9 Å². The molecule has 2 aliphatic rings. The van der Waals surface area contributed by atoms with Gasteiger partial charge in [-0.3, -0.25) is 57.0 Å². The Labute approximate surface area is 870 Å². The lowest BCUT2D eigenvalue weighted by Gasteiger charge is -2.33. The second-order valence-electron chi connectivity index (χ2n) is 38.8. The molecule has 0 aromatic heterocycles. The van der Waals surface area contributed by atoms with Gasteiger partial charge < -0.3 is 105 Å². The average Bonchev–Trinajstić information content (AvgIpc) is 0.826. The van der Waals surface area contributed by atoms with E-state index in [2.05, 4.69) is 47.1 Å². The van der Waals surface area contributed by atoms with Crippen molar-refractivity contribution in [3.8, 4) is 0 Å². The van der Waals surface area contributed by atoms with Gasteiger partial charge in [0, 0.05) is 113 Å². The Morgan fingerprint density at radius 3 is 1.12 bits per heavy atom. The number of nitrogens with zero attached hydrogens (tertiary/aromatic N) is 4. The van der Waals surface area contributed by atoms with Gasteiger partial charge in [-0.25, -0.2) is 33.3 Å². The fraction of sp³-hybridized carbons (Fsp3) is 0.647. The molecule has 2 aromatic carbocycles. The number of ether oxygens (including phenoxy) is 6. The van der Waals surface area contributed by atoms with Gasteiger partial charge in [-0.2, -0.15) is 0 Å². The Kier molecular flexibility index (Phi) is 56.7. The quantitative estimate of drug-likeness (QED) is 0.0114. The monoisotopic (exact) mass is 2130 g/mol. The summed E-state index contributed by atoms with van der Waals surface area (Å²) in [5.41, 5.74) is 2.53. The van der Waals surface area contributed by atoms with E-state index in [1.165, 1.54) is 91.7 Å². The van der Waals surface area contributed by atoms with E-state index in [1.54, 1.807) is 129 Å². The molecule has 820 valence electrons. The third kappa shape index (κ3) is 46.0. The molecule has 40 nitrogen and oxygen atoms in total. The minimum atomic E-state index is -4.61. The van der Waals surface area contributed by atoms with Crippen LogP contribution in [0.1, 0.15) is 227 Å². The number of phosphoric ester groups is 1. The minimum Gasteiger partial charge on any atom is -0.456 e. The molecule has 2 aromatic rings. The number of unbranched alkanes of at least 4 members (excludes halogenated alkanes) is 4. The Morgan fingerprint density at radius 2 is 0.808 bits per heavy atom. The zero-order valence-electron chi connectivity index (χ0n) is 89.6. The molecule has 2 aliphatic heterocycles. The topological polar surface area (TPSA) is 531 Å². The molecule has 12 amide bonds. The standard InChI is InChI=1S/C52H82ClN6O13P.C50H78ClN6O15P/c1-15-32(5)44-47(62)56-37(10)51(66)72-45(33(6)16-2)35(8)41(71-52(67)54-26-18-17-19-27-69-73(13,14)68)25-20-34(7)50(65)70-42(28-31(3)4)46(61)55-36(9)48(63)59(12)40(29-38-21-23-39(53)24-22-38)49(64)58(11)30-43(60)57-44;1-13-30(5)42-45(60)54-35(10)49(64)72-43(31(6)14-2)33(8)39(71-50(65)52-24-16-15-17-25-69-73(66,67)68)23-18-32(7)48(63)70-40(26-29(3)4)44(59)53-34(9)46(61)57(12)38(27-36-19-21-37(51)22-20-36)47(62)56(11)28-41(58)55-42/h16,20-24,31-32,35-37,40-42,44-45H,15,17-19,25-30H2,1-14H3,(H,54,67)(H,55,61)(H,56,62)(H,57,60);14,18-22,29-30,33-35,38-40,42-43H,13,15-17,23-28H2,1-12H3,(H,52,65)(H,53,59)(H,54,60)(H,55,58)(H2,66,67,68)/b33-16+,34-20+;31-14+,32-18+/t32?,35-,36-,37+,40+,41-,42+,44-,45+;30?,33-,34-,35+,38+,39-,40+,42-,43+/m00/s1. The largest absolute Gasteiger partial charge is 0.469 e.